The van der Waals surface area contributed by atoms with Crippen molar-refractivity contribution in [2.45, 2.75) is 71.8 Å². The predicted molar refractivity (Wildman–Crippen MR) is 198 cm³/mol. The molecule has 0 spiro atoms. The summed E-state index contributed by atoms with van der Waals surface area (Å²) in [5, 5.41) is 9.70. The first kappa shape index (κ1) is 35.1. The minimum Gasteiger partial charge on any atom is -0.340 e. The largest absolute Gasteiger partial charge is 0.365 e. The minimum absolute atomic E-state index is 0.111. The van der Waals surface area contributed by atoms with Crippen LogP contribution in [0.2, 0.25) is 0 Å². The standard InChI is InChI=1S/C42H41N3O6/c1-3-25-45-37-23-20-31(39(46)35(4-2)43-50-41(48)29-15-7-5-8-16-29)26-33(37)34-27-32(21-24-38(34)45)40(47)36(22-19-28-13-11-12-14-28)44-51-42(49)30-17-9-6-10-18-30/h5-10,15-18,20-21,23-24,26-28H,3-4,11-14,19,22,25H2,1-2H3/b43-35+,44-36+. The third-order valence-electron chi connectivity index (χ3n) is 9.46. The fourth-order valence-corrected chi connectivity index (χ4v) is 6.74. The number of hydrogen-bond donors (Lipinski definition) is 0. The second-order valence-corrected chi connectivity index (χ2v) is 12.9. The van der Waals surface area contributed by atoms with Gasteiger partial charge in [-0.05, 0) is 92.3 Å². The van der Waals surface area contributed by atoms with E-state index in [0.717, 1.165) is 54.0 Å². The molecule has 0 saturated heterocycles. The Morgan fingerprint density at radius 2 is 1.14 bits per heavy atom. The molecular weight excluding hydrogens is 642 g/mol. The fraction of sp³-hybridized carbons (Fsp3) is 0.286. The number of Topliss-reactive ketones (excluding diaryl/α,β-unsaturated/α-hetero) is 2. The number of rotatable bonds is 14. The molecule has 1 aliphatic carbocycles. The second kappa shape index (κ2) is 16.3. The van der Waals surface area contributed by atoms with E-state index in [4.69, 9.17) is 9.68 Å². The van der Waals surface area contributed by atoms with E-state index < -0.39 is 11.9 Å². The van der Waals surface area contributed by atoms with Gasteiger partial charge in [0.15, 0.2) is 0 Å². The van der Waals surface area contributed by atoms with Crippen molar-refractivity contribution >= 4 is 56.7 Å². The minimum atomic E-state index is -0.648. The molecular formula is C42H41N3O6. The van der Waals surface area contributed by atoms with Crippen LogP contribution in [0.3, 0.4) is 0 Å². The monoisotopic (exact) mass is 683 g/mol. The number of fused-ring (bicyclic) bond motifs is 3. The van der Waals surface area contributed by atoms with Crippen molar-refractivity contribution in [3.8, 4) is 0 Å². The van der Waals surface area contributed by atoms with Crippen LogP contribution in [-0.2, 0) is 16.2 Å². The van der Waals surface area contributed by atoms with Gasteiger partial charge in [-0.25, -0.2) is 9.59 Å². The topological polar surface area (TPSA) is 116 Å². The van der Waals surface area contributed by atoms with Crippen molar-refractivity contribution in [1.82, 2.24) is 4.57 Å². The molecule has 9 nitrogen and oxygen atoms in total. The molecule has 260 valence electrons. The lowest BCUT2D eigenvalue weighted by molar-refractivity contribution is 0.0505. The van der Waals surface area contributed by atoms with Gasteiger partial charge in [-0.15, -0.1) is 0 Å². The molecule has 6 rings (SSSR count). The van der Waals surface area contributed by atoms with Gasteiger partial charge >= 0.3 is 11.9 Å². The van der Waals surface area contributed by atoms with Gasteiger partial charge in [0.2, 0.25) is 11.6 Å². The molecule has 4 aromatic carbocycles. The average Bonchev–Trinajstić information content (AvgIpc) is 3.81. The SMILES string of the molecule is CCCn1c2ccc(C(=O)/C(CC)=N/OC(=O)c3ccccc3)cc2c2cc(C(=O)/C(CCC3CCCC3)=N/OC(=O)c3ccccc3)ccc21. The van der Waals surface area contributed by atoms with Crippen molar-refractivity contribution in [3.05, 3.63) is 119 Å². The summed E-state index contributed by atoms with van der Waals surface area (Å²) in [4.78, 5) is 63.5. The molecule has 0 amide bonds. The Morgan fingerprint density at radius 1 is 0.647 bits per heavy atom. The maximum atomic E-state index is 14.1. The molecule has 0 bridgehead atoms. The Hall–Kier alpha value is -5.70. The smallest absolute Gasteiger partial charge is 0.340 e. The number of hydrogen-bond acceptors (Lipinski definition) is 8. The highest BCUT2D eigenvalue weighted by atomic mass is 16.7. The van der Waals surface area contributed by atoms with E-state index in [1.165, 1.54) is 12.8 Å². The molecule has 1 saturated carbocycles. The van der Waals surface area contributed by atoms with Crippen molar-refractivity contribution in [2.24, 2.45) is 16.2 Å². The zero-order valence-corrected chi connectivity index (χ0v) is 29.0. The first-order valence-electron chi connectivity index (χ1n) is 17.7. The third-order valence-corrected chi connectivity index (χ3v) is 9.46. The molecule has 5 aromatic rings. The van der Waals surface area contributed by atoms with Gasteiger partial charge in [0, 0.05) is 39.5 Å². The number of aromatic nitrogens is 1. The summed E-state index contributed by atoms with van der Waals surface area (Å²) in [5.41, 5.74) is 3.65. The highest BCUT2D eigenvalue weighted by Gasteiger charge is 2.23. The number of carbonyl (C=O) groups is 4. The molecule has 9 heteroatoms. The van der Waals surface area contributed by atoms with E-state index >= 15 is 0 Å². The summed E-state index contributed by atoms with van der Waals surface area (Å²) in [6.45, 7) is 4.61. The van der Waals surface area contributed by atoms with Crippen LogP contribution >= 0.6 is 0 Å². The second-order valence-electron chi connectivity index (χ2n) is 12.9. The van der Waals surface area contributed by atoms with Gasteiger partial charge in [0.25, 0.3) is 0 Å². The van der Waals surface area contributed by atoms with Gasteiger partial charge in [-0.2, -0.15) is 0 Å². The Bertz CT molecular complexity index is 2130. The zero-order chi connectivity index (χ0) is 35.7. The predicted octanol–water partition coefficient (Wildman–Crippen LogP) is 9.38. The van der Waals surface area contributed by atoms with E-state index in [1.807, 2.05) is 24.3 Å². The summed E-state index contributed by atoms with van der Waals surface area (Å²) >= 11 is 0. The number of carbonyl (C=O) groups excluding carboxylic acids is 4. The van der Waals surface area contributed by atoms with Crippen molar-refractivity contribution in [1.29, 1.82) is 0 Å². The maximum Gasteiger partial charge on any atom is 0.365 e. The molecule has 0 atom stereocenters. The van der Waals surface area contributed by atoms with Crippen LogP contribution in [0.25, 0.3) is 21.8 Å². The van der Waals surface area contributed by atoms with Gasteiger partial charge < -0.3 is 14.2 Å². The first-order chi connectivity index (χ1) is 24.9. The molecule has 0 unspecified atom stereocenters. The van der Waals surface area contributed by atoms with E-state index in [-0.39, 0.29) is 29.4 Å². The Morgan fingerprint density at radius 3 is 1.63 bits per heavy atom. The third kappa shape index (κ3) is 8.04. The molecule has 0 radical (unpaired) electrons. The number of ketones is 2. The quantitative estimate of drug-likeness (QED) is 0.0498. The number of aryl methyl sites for hydroxylation is 1. The molecule has 1 aliphatic rings. The lowest BCUT2D eigenvalue weighted by Gasteiger charge is -2.10. The van der Waals surface area contributed by atoms with Gasteiger partial charge in [0.05, 0.1) is 11.1 Å². The van der Waals surface area contributed by atoms with Crippen molar-refractivity contribution < 1.29 is 28.9 Å². The lowest BCUT2D eigenvalue weighted by Crippen LogP contribution is -2.17. The van der Waals surface area contributed by atoms with E-state index in [9.17, 15) is 19.2 Å². The summed E-state index contributed by atoms with van der Waals surface area (Å²) in [5.74, 6) is -1.42. The molecule has 0 aliphatic heterocycles. The molecule has 1 heterocycles. The summed E-state index contributed by atoms with van der Waals surface area (Å²) in [7, 11) is 0. The first-order valence-corrected chi connectivity index (χ1v) is 17.7. The summed E-state index contributed by atoms with van der Waals surface area (Å²) in [6, 6.07) is 28.1. The molecule has 0 N–H and O–H groups in total. The fourth-order valence-electron chi connectivity index (χ4n) is 6.74. The summed E-state index contributed by atoms with van der Waals surface area (Å²) in [6.07, 6.45) is 6.93. The van der Waals surface area contributed by atoms with Gasteiger partial charge in [-0.3, -0.25) is 9.59 Å². The average molecular weight is 684 g/mol. The molecule has 1 fully saturated rings. The normalized spacial score (nSPS) is 13.8. The van der Waals surface area contributed by atoms with Crippen LogP contribution in [0.15, 0.2) is 107 Å². The van der Waals surface area contributed by atoms with E-state index in [2.05, 4.69) is 21.8 Å². The zero-order valence-electron chi connectivity index (χ0n) is 29.0. The van der Waals surface area contributed by atoms with Crippen LogP contribution in [-0.4, -0.2) is 39.5 Å². The van der Waals surface area contributed by atoms with Crippen LogP contribution in [0.5, 0.6) is 0 Å². The van der Waals surface area contributed by atoms with E-state index in [1.54, 1.807) is 79.7 Å². The Labute approximate surface area is 296 Å². The Balaban J connectivity index is 1.33. The molecule has 51 heavy (non-hydrogen) atoms. The van der Waals surface area contributed by atoms with Crippen LogP contribution in [0.4, 0.5) is 0 Å². The number of nitrogens with zero attached hydrogens (tertiary/aromatic N) is 3. The number of benzene rings is 4. The van der Waals surface area contributed by atoms with Crippen molar-refractivity contribution in [2.75, 3.05) is 0 Å². The highest BCUT2D eigenvalue weighted by Crippen LogP contribution is 2.33. The Kier molecular flexibility index (Phi) is 11.3. The maximum absolute atomic E-state index is 14.1. The molecule has 1 aromatic heterocycles. The van der Waals surface area contributed by atoms with Crippen molar-refractivity contribution in [3.63, 3.8) is 0 Å². The van der Waals surface area contributed by atoms with Crippen LogP contribution in [0.1, 0.15) is 107 Å². The van der Waals surface area contributed by atoms with E-state index in [0.29, 0.717) is 34.6 Å². The van der Waals surface area contributed by atoms with Gasteiger partial charge in [-0.1, -0.05) is 86.2 Å². The van der Waals surface area contributed by atoms with Crippen LogP contribution in [0, 0.1) is 5.92 Å². The highest BCUT2D eigenvalue weighted by molar-refractivity contribution is 6.47. The van der Waals surface area contributed by atoms with Gasteiger partial charge in [0.1, 0.15) is 11.4 Å². The lowest BCUT2D eigenvalue weighted by atomic mass is 9.95. The number of oxime groups is 2. The summed E-state index contributed by atoms with van der Waals surface area (Å²) < 4.78 is 2.18. The van der Waals surface area contributed by atoms with Crippen LogP contribution < -0.4 is 0 Å².